The summed E-state index contributed by atoms with van der Waals surface area (Å²) in [6.07, 6.45) is 0. The summed E-state index contributed by atoms with van der Waals surface area (Å²) >= 11 is 1.64. The summed E-state index contributed by atoms with van der Waals surface area (Å²) in [5.41, 5.74) is -0.510. The quantitative estimate of drug-likeness (QED) is 0.824. The number of amides is 1. The standard InChI is InChI=1S/C19H24N2O4S/c1-14-3-5-16(25-14)9-20-7-8-23-13-19(11-20)12-21(17(22)10-24-19)18-6-4-15(2)26-18/h3-6H,7-13H2,1-2H3/t19-/m0/s1. The van der Waals surface area contributed by atoms with Crippen LogP contribution in [-0.2, 0) is 20.8 Å². The summed E-state index contributed by atoms with van der Waals surface area (Å²) in [5.74, 6) is 1.87. The minimum atomic E-state index is -0.510. The van der Waals surface area contributed by atoms with Crippen LogP contribution in [0.4, 0.5) is 5.00 Å². The molecule has 4 rings (SSSR count). The van der Waals surface area contributed by atoms with Gasteiger partial charge in [-0.25, -0.2) is 0 Å². The Kier molecular flexibility index (Phi) is 4.88. The second kappa shape index (κ2) is 7.15. The first kappa shape index (κ1) is 17.7. The summed E-state index contributed by atoms with van der Waals surface area (Å²) in [5, 5.41) is 0.979. The molecule has 1 amide bonds. The number of nitrogens with zero attached hydrogens (tertiary/aromatic N) is 2. The van der Waals surface area contributed by atoms with Gasteiger partial charge in [0.15, 0.2) is 0 Å². The molecule has 1 atom stereocenters. The Bertz CT molecular complexity index is 786. The Morgan fingerprint density at radius 2 is 2.08 bits per heavy atom. The van der Waals surface area contributed by atoms with Gasteiger partial charge < -0.3 is 13.9 Å². The number of aryl methyl sites for hydroxylation is 2. The molecule has 2 aromatic rings. The van der Waals surface area contributed by atoms with Crippen LogP contribution in [0.5, 0.6) is 0 Å². The lowest BCUT2D eigenvalue weighted by atomic mass is 10.0. The van der Waals surface area contributed by atoms with E-state index in [1.807, 2.05) is 36.1 Å². The van der Waals surface area contributed by atoms with E-state index in [0.717, 1.165) is 23.1 Å². The highest BCUT2D eigenvalue weighted by Gasteiger charge is 2.43. The van der Waals surface area contributed by atoms with Crippen molar-refractivity contribution in [1.82, 2.24) is 4.90 Å². The Morgan fingerprint density at radius 3 is 2.81 bits per heavy atom. The number of hydrogen-bond acceptors (Lipinski definition) is 6. The third kappa shape index (κ3) is 3.71. The highest BCUT2D eigenvalue weighted by Crippen LogP contribution is 2.32. The molecule has 26 heavy (non-hydrogen) atoms. The van der Waals surface area contributed by atoms with Crippen LogP contribution in [0.25, 0.3) is 0 Å². The number of thiophene rings is 1. The predicted octanol–water partition coefficient (Wildman–Crippen LogP) is 2.59. The molecule has 140 valence electrons. The lowest BCUT2D eigenvalue weighted by Crippen LogP contribution is -2.60. The van der Waals surface area contributed by atoms with Crippen LogP contribution in [0.3, 0.4) is 0 Å². The van der Waals surface area contributed by atoms with E-state index in [4.69, 9.17) is 13.9 Å². The van der Waals surface area contributed by atoms with Crippen molar-refractivity contribution in [3.8, 4) is 0 Å². The van der Waals surface area contributed by atoms with Gasteiger partial charge in [-0.05, 0) is 38.1 Å². The molecule has 0 aliphatic carbocycles. The average Bonchev–Trinajstić information content (AvgIpc) is 3.16. The molecule has 0 radical (unpaired) electrons. The molecule has 1 spiro atoms. The van der Waals surface area contributed by atoms with Crippen molar-refractivity contribution < 1.29 is 18.7 Å². The first-order chi connectivity index (χ1) is 12.5. The van der Waals surface area contributed by atoms with Crippen molar-refractivity contribution in [3.05, 3.63) is 40.7 Å². The largest absolute Gasteiger partial charge is 0.465 e. The molecule has 2 saturated heterocycles. The zero-order valence-corrected chi connectivity index (χ0v) is 16.0. The summed E-state index contributed by atoms with van der Waals surface area (Å²) in [6, 6.07) is 8.05. The van der Waals surface area contributed by atoms with Crippen molar-refractivity contribution in [2.45, 2.75) is 26.0 Å². The molecular weight excluding hydrogens is 352 g/mol. The van der Waals surface area contributed by atoms with Crippen LogP contribution in [0.2, 0.25) is 0 Å². The monoisotopic (exact) mass is 376 g/mol. The fraction of sp³-hybridized carbons (Fsp3) is 0.526. The SMILES string of the molecule is Cc1ccc(CN2CCOC[C@]3(C2)CN(c2ccc(C)s2)C(=O)CO3)o1. The normalized spacial score (nSPS) is 25.0. The van der Waals surface area contributed by atoms with Gasteiger partial charge in [0.2, 0.25) is 0 Å². The number of carbonyl (C=O) groups is 1. The summed E-state index contributed by atoms with van der Waals surface area (Å²) < 4.78 is 17.6. The smallest absolute Gasteiger partial charge is 0.253 e. The van der Waals surface area contributed by atoms with E-state index < -0.39 is 5.60 Å². The fourth-order valence-corrected chi connectivity index (χ4v) is 4.45. The number of morpholine rings is 1. The molecule has 2 aliphatic rings. The fourth-order valence-electron chi connectivity index (χ4n) is 3.57. The number of carbonyl (C=O) groups excluding carboxylic acids is 1. The second-order valence-corrected chi connectivity index (χ2v) is 8.38. The lowest BCUT2D eigenvalue weighted by Gasteiger charge is -2.42. The first-order valence-corrected chi connectivity index (χ1v) is 9.71. The van der Waals surface area contributed by atoms with E-state index in [9.17, 15) is 4.79 Å². The topological polar surface area (TPSA) is 55.2 Å². The Balaban J connectivity index is 1.52. The number of ether oxygens (including phenoxy) is 2. The molecule has 0 saturated carbocycles. The molecule has 2 aliphatic heterocycles. The van der Waals surface area contributed by atoms with E-state index >= 15 is 0 Å². The molecule has 2 fully saturated rings. The zero-order valence-electron chi connectivity index (χ0n) is 15.2. The van der Waals surface area contributed by atoms with Gasteiger partial charge in [-0.15, -0.1) is 11.3 Å². The van der Waals surface area contributed by atoms with Crippen LogP contribution in [0.15, 0.2) is 28.7 Å². The maximum Gasteiger partial charge on any atom is 0.253 e. The van der Waals surface area contributed by atoms with Crippen molar-refractivity contribution in [2.24, 2.45) is 0 Å². The maximum absolute atomic E-state index is 12.4. The van der Waals surface area contributed by atoms with Crippen molar-refractivity contribution in [1.29, 1.82) is 0 Å². The third-order valence-corrected chi connectivity index (χ3v) is 5.87. The minimum Gasteiger partial charge on any atom is -0.465 e. The number of anilines is 1. The van der Waals surface area contributed by atoms with E-state index in [-0.39, 0.29) is 12.5 Å². The Labute approximate surface area is 157 Å². The predicted molar refractivity (Wildman–Crippen MR) is 99.6 cm³/mol. The molecule has 7 heteroatoms. The van der Waals surface area contributed by atoms with Gasteiger partial charge in [0.1, 0.15) is 23.7 Å². The highest BCUT2D eigenvalue weighted by molar-refractivity contribution is 7.16. The van der Waals surface area contributed by atoms with Gasteiger partial charge in [-0.3, -0.25) is 14.6 Å². The first-order valence-electron chi connectivity index (χ1n) is 8.89. The summed E-state index contributed by atoms with van der Waals surface area (Å²) in [4.78, 5) is 17.8. The van der Waals surface area contributed by atoms with Crippen molar-refractivity contribution >= 4 is 22.2 Å². The molecule has 0 N–H and O–H groups in total. The highest BCUT2D eigenvalue weighted by atomic mass is 32.1. The zero-order chi connectivity index (χ0) is 18.1. The van der Waals surface area contributed by atoms with Gasteiger partial charge in [0, 0.05) is 18.0 Å². The van der Waals surface area contributed by atoms with Gasteiger partial charge in [0.05, 0.1) is 31.3 Å². The second-order valence-electron chi connectivity index (χ2n) is 7.11. The van der Waals surface area contributed by atoms with Gasteiger partial charge in [-0.2, -0.15) is 0 Å². The lowest BCUT2D eigenvalue weighted by molar-refractivity contribution is -0.146. The van der Waals surface area contributed by atoms with E-state index in [1.165, 1.54) is 4.88 Å². The molecular formula is C19H24N2O4S. The van der Waals surface area contributed by atoms with E-state index in [2.05, 4.69) is 11.8 Å². The number of hydrogen-bond donors (Lipinski definition) is 0. The van der Waals surface area contributed by atoms with Crippen LogP contribution in [0.1, 0.15) is 16.4 Å². The van der Waals surface area contributed by atoms with Crippen LogP contribution in [0, 0.1) is 13.8 Å². The minimum absolute atomic E-state index is 0.00920. The molecule has 0 unspecified atom stereocenters. The average molecular weight is 376 g/mol. The molecule has 0 aromatic carbocycles. The van der Waals surface area contributed by atoms with Gasteiger partial charge in [-0.1, -0.05) is 0 Å². The number of rotatable bonds is 3. The van der Waals surface area contributed by atoms with Crippen LogP contribution in [-0.4, -0.2) is 55.9 Å². The van der Waals surface area contributed by atoms with E-state index in [0.29, 0.717) is 32.8 Å². The van der Waals surface area contributed by atoms with Crippen LogP contribution >= 0.6 is 11.3 Å². The maximum atomic E-state index is 12.4. The molecule has 0 bridgehead atoms. The van der Waals surface area contributed by atoms with Crippen molar-refractivity contribution in [3.63, 3.8) is 0 Å². The summed E-state index contributed by atoms with van der Waals surface area (Å²) in [6.45, 7) is 8.00. The molecule has 4 heterocycles. The third-order valence-electron chi connectivity index (χ3n) is 4.85. The van der Waals surface area contributed by atoms with Crippen LogP contribution < -0.4 is 4.90 Å². The molecule has 6 nitrogen and oxygen atoms in total. The van der Waals surface area contributed by atoms with Gasteiger partial charge in [0.25, 0.3) is 5.91 Å². The van der Waals surface area contributed by atoms with Crippen molar-refractivity contribution in [2.75, 3.05) is 44.4 Å². The van der Waals surface area contributed by atoms with Gasteiger partial charge >= 0.3 is 0 Å². The number of furan rings is 1. The summed E-state index contributed by atoms with van der Waals surface area (Å²) in [7, 11) is 0. The Morgan fingerprint density at radius 1 is 1.19 bits per heavy atom. The molecule has 2 aromatic heterocycles. The Hall–Kier alpha value is -1.67. The van der Waals surface area contributed by atoms with E-state index in [1.54, 1.807) is 11.3 Å².